The third-order valence-electron chi connectivity index (χ3n) is 7.40. The van der Waals surface area contributed by atoms with Crippen molar-refractivity contribution in [2.24, 2.45) is 5.92 Å². The first-order valence-corrected chi connectivity index (χ1v) is 15.5. The summed E-state index contributed by atoms with van der Waals surface area (Å²) >= 11 is 5.93. The quantitative estimate of drug-likeness (QED) is 0.125. The van der Waals surface area contributed by atoms with E-state index in [1.54, 1.807) is 24.3 Å². The number of oxazole rings is 1. The Hall–Kier alpha value is -4.67. The Kier molecular flexibility index (Phi) is 12.7. The fourth-order valence-electron chi connectivity index (χ4n) is 4.66. The summed E-state index contributed by atoms with van der Waals surface area (Å²) in [6.45, 7) is 2.53. The van der Waals surface area contributed by atoms with Crippen LogP contribution in [0.2, 0.25) is 5.02 Å². The van der Waals surface area contributed by atoms with Crippen LogP contribution in [-0.4, -0.2) is 41.1 Å². The molecule has 0 saturated heterocycles. The van der Waals surface area contributed by atoms with E-state index in [1.807, 2.05) is 67.6 Å². The molecule has 242 valence electrons. The lowest BCUT2D eigenvalue weighted by Gasteiger charge is -2.25. The molecule has 4 rings (SSSR count). The molecule has 2 unspecified atom stereocenters. The molecule has 11 heteroatoms. The number of alkyl carbamates (subject to hydrolysis) is 1. The number of hydrogen-bond acceptors (Lipinski definition) is 7. The molecule has 4 N–H and O–H groups in total. The van der Waals surface area contributed by atoms with Crippen molar-refractivity contribution in [1.29, 1.82) is 0 Å². The number of carbonyl (C=O) groups excluding carboxylic acids is 3. The summed E-state index contributed by atoms with van der Waals surface area (Å²) < 4.78 is 10.8. The smallest absolute Gasteiger partial charge is 0.407 e. The van der Waals surface area contributed by atoms with E-state index in [0.29, 0.717) is 24.4 Å². The normalized spacial score (nSPS) is 12.8. The van der Waals surface area contributed by atoms with Crippen LogP contribution in [0.15, 0.2) is 95.6 Å². The molecule has 2 atom stereocenters. The zero-order valence-electron chi connectivity index (χ0n) is 25.7. The van der Waals surface area contributed by atoms with Crippen molar-refractivity contribution in [1.82, 2.24) is 20.9 Å². The van der Waals surface area contributed by atoms with Gasteiger partial charge in [-0.1, -0.05) is 91.3 Å². The van der Waals surface area contributed by atoms with E-state index in [4.69, 9.17) is 20.8 Å². The van der Waals surface area contributed by atoms with E-state index in [2.05, 4.69) is 20.9 Å². The average Bonchev–Trinajstić information content (AvgIpc) is 3.58. The minimum atomic E-state index is -1.67. The molecule has 0 saturated carbocycles. The van der Waals surface area contributed by atoms with Gasteiger partial charge >= 0.3 is 6.09 Å². The number of rotatable bonds is 16. The Bertz CT molecular complexity index is 1550. The Labute approximate surface area is 273 Å². The molecule has 0 aliphatic heterocycles. The summed E-state index contributed by atoms with van der Waals surface area (Å²) in [5.74, 6) is -0.855. The van der Waals surface area contributed by atoms with Gasteiger partial charge in [-0.15, -0.1) is 0 Å². The third-order valence-corrected chi connectivity index (χ3v) is 7.65. The van der Waals surface area contributed by atoms with E-state index < -0.39 is 17.6 Å². The molecule has 0 fully saturated rings. The van der Waals surface area contributed by atoms with Gasteiger partial charge < -0.3 is 30.2 Å². The number of aliphatic hydroxyl groups is 1. The van der Waals surface area contributed by atoms with Crippen LogP contribution in [0.25, 0.3) is 0 Å². The van der Waals surface area contributed by atoms with Crippen molar-refractivity contribution in [2.75, 3.05) is 13.1 Å². The fraction of sp³-hybridized carbons (Fsp3) is 0.314. The lowest BCUT2D eigenvalue weighted by molar-refractivity contribution is -0.123. The number of carbonyl (C=O) groups is 3. The summed E-state index contributed by atoms with van der Waals surface area (Å²) in [6, 6.07) is 26.1. The van der Waals surface area contributed by atoms with Crippen LogP contribution < -0.4 is 16.0 Å². The van der Waals surface area contributed by atoms with Gasteiger partial charge in [0.2, 0.25) is 11.8 Å². The maximum Gasteiger partial charge on any atom is 0.407 e. The summed E-state index contributed by atoms with van der Waals surface area (Å²) in [4.78, 5) is 41.9. The molecular formula is C35H39ClN4O6. The number of halogens is 1. The molecule has 0 bridgehead atoms. The van der Waals surface area contributed by atoms with Gasteiger partial charge in [-0.25, -0.2) is 9.78 Å². The van der Waals surface area contributed by atoms with Crippen molar-refractivity contribution < 1.29 is 28.6 Å². The molecule has 4 aromatic rings. The van der Waals surface area contributed by atoms with Gasteiger partial charge in [0.1, 0.15) is 12.9 Å². The van der Waals surface area contributed by atoms with Crippen LogP contribution in [0.5, 0.6) is 0 Å². The number of nitrogens with zero attached hydrogens (tertiary/aromatic N) is 1. The lowest BCUT2D eigenvalue weighted by Crippen LogP contribution is -2.42. The number of nitrogens with one attached hydrogen (secondary N) is 3. The minimum absolute atomic E-state index is 0.0110. The molecule has 0 aliphatic rings. The Morgan fingerprint density at radius 1 is 0.913 bits per heavy atom. The van der Waals surface area contributed by atoms with Crippen LogP contribution in [0.1, 0.15) is 59.3 Å². The van der Waals surface area contributed by atoms with Gasteiger partial charge in [0.15, 0.2) is 11.3 Å². The second kappa shape index (κ2) is 17.1. The van der Waals surface area contributed by atoms with E-state index >= 15 is 0 Å². The van der Waals surface area contributed by atoms with Gasteiger partial charge in [-0.2, -0.15) is 0 Å². The molecular weight excluding hydrogens is 608 g/mol. The summed E-state index contributed by atoms with van der Waals surface area (Å²) in [5.41, 5.74) is 1.08. The molecule has 0 spiro atoms. The monoisotopic (exact) mass is 646 g/mol. The molecule has 46 heavy (non-hydrogen) atoms. The van der Waals surface area contributed by atoms with Crippen LogP contribution in [0, 0.1) is 5.92 Å². The average molecular weight is 647 g/mol. The second-order valence-corrected chi connectivity index (χ2v) is 11.7. The number of aryl methyl sites for hydroxylation is 1. The first-order chi connectivity index (χ1) is 22.2. The Morgan fingerprint density at radius 3 is 2.28 bits per heavy atom. The van der Waals surface area contributed by atoms with Crippen molar-refractivity contribution in [3.05, 3.63) is 124 Å². The maximum absolute atomic E-state index is 12.9. The Balaban J connectivity index is 1.28. The topological polar surface area (TPSA) is 143 Å². The second-order valence-electron chi connectivity index (χ2n) is 11.2. The van der Waals surface area contributed by atoms with E-state index in [1.165, 1.54) is 6.26 Å². The standard InChI is InChI=1S/C35H39ClN4O6/c1-25(17-19-37-34(43)46-22-28-10-6-3-7-11-28)20-31(41)39-24-35(44,18-16-26-8-4-2-5-9-26)33-40-30(23-45-33)32(42)38-21-27-12-14-29(36)15-13-27/h2-15,23,25,44H,16-22,24H2,1H3,(H,37,43)(H,38,42)(H,39,41). The minimum Gasteiger partial charge on any atom is -0.445 e. The third kappa shape index (κ3) is 11.0. The molecule has 1 heterocycles. The number of aromatic nitrogens is 1. The largest absolute Gasteiger partial charge is 0.445 e. The molecule has 0 aliphatic carbocycles. The molecule has 1 aromatic heterocycles. The van der Waals surface area contributed by atoms with Gasteiger partial charge in [0.25, 0.3) is 5.91 Å². The lowest BCUT2D eigenvalue weighted by atomic mass is 9.94. The van der Waals surface area contributed by atoms with E-state index in [-0.39, 0.29) is 55.9 Å². The highest BCUT2D eigenvalue weighted by molar-refractivity contribution is 6.30. The predicted molar refractivity (Wildman–Crippen MR) is 174 cm³/mol. The SMILES string of the molecule is CC(CCNC(=O)OCc1ccccc1)CC(=O)NCC(O)(CCc1ccccc1)c1nc(C(=O)NCc2ccc(Cl)cc2)co1. The number of ether oxygens (including phenoxy) is 1. The van der Waals surface area contributed by atoms with Crippen LogP contribution in [-0.2, 0) is 34.7 Å². The highest BCUT2D eigenvalue weighted by atomic mass is 35.5. The first kappa shape index (κ1) is 34.2. The van der Waals surface area contributed by atoms with Crippen molar-refractivity contribution in [2.45, 2.75) is 51.4 Å². The van der Waals surface area contributed by atoms with Crippen molar-refractivity contribution in [3.63, 3.8) is 0 Å². The predicted octanol–water partition coefficient (Wildman–Crippen LogP) is 5.54. The van der Waals surface area contributed by atoms with Gasteiger partial charge in [-0.3, -0.25) is 9.59 Å². The van der Waals surface area contributed by atoms with Gasteiger partial charge in [-0.05, 0) is 54.0 Å². The summed E-state index contributed by atoms with van der Waals surface area (Å²) in [5, 5.41) is 20.6. The highest BCUT2D eigenvalue weighted by Crippen LogP contribution is 2.26. The zero-order valence-corrected chi connectivity index (χ0v) is 26.5. The van der Waals surface area contributed by atoms with Crippen molar-refractivity contribution in [3.8, 4) is 0 Å². The molecule has 0 radical (unpaired) electrons. The molecule has 3 amide bonds. The molecule has 3 aromatic carbocycles. The number of benzene rings is 3. The van der Waals surface area contributed by atoms with E-state index in [9.17, 15) is 19.5 Å². The summed E-state index contributed by atoms with van der Waals surface area (Å²) in [6.07, 6.45) is 2.08. The first-order valence-electron chi connectivity index (χ1n) is 15.2. The fourth-order valence-corrected chi connectivity index (χ4v) is 4.79. The van der Waals surface area contributed by atoms with Crippen LogP contribution in [0.4, 0.5) is 4.79 Å². The van der Waals surface area contributed by atoms with Crippen LogP contribution in [0.3, 0.4) is 0 Å². The summed E-state index contributed by atoms with van der Waals surface area (Å²) in [7, 11) is 0. The number of amides is 3. The Morgan fingerprint density at radius 2 is 1.59 bits per heavy atom. The molecule has 10 nitrogen and oxygen atoms in total. The maximum atomic E-state index is 12.9. The number of hydrogen-bond donors (Lipinski definition) is 4. The van der Waals surface area contributed by atoms with Crippen molar-refractivity contribution >= 4 is 29.5 Å². The van der Waals surface area contributed by atoms with Crippen LogP contribution >= 0.6 is 11.6 Å². The highest BCUT2D eigenvalue weighted by Gasteiger charge is 2.36. The zero-order chi connectivity index (χ0) is 32.8. The van der Waals surface area contributed by atoms with Gasteiger partial charge in [0, 0.05) is 24.5 Å². The van der Waals surface area contributed by atoms with Gasteiger partial charge in [0.05, 0.1) is 6.54 Å². The van der Waals surface area contributed by atoms with E-state index in [0.717, 1.165) is 16.7 Å².